The molecule has 1 aromatic heterocycles. The number of rotatable bonds is 7. The van der Waals surface area contributed by atoms with Crippen LogP contribution < -0.4 is 15.4 Å². The fourth-order valence-electron chi connectivity index (χ4n) is 4.53. The van der Waals surface area contributed by atoms with Crippen LogP contribution in [0.4, 0.5) is 16.2 Å². The number of nitrogens with one attached hydrogen (secondary N) is 2. The third kappa shape index (κ3) is 6.27. The number of aliphatic hydroxyl groups is 1. The zero-order valence-electron chi connectivity index (χ0n) is 22.6. The summed E-state index contributed by atoms with van der Waals surface area (Å²) in [5, 5.41) is 19.5. The molecule has 1 aliphatic carbocycles. The molecule has 38 heavy (non-hydrogen) atoms. The van der Waals surface area contributed by atoms with E-state index < -0.39 is 6.10 Å². The first kappa shape index (κ1) is 27.4. The maximum atomic E-state index is 13.3. The van der Waals surface area contributed by atoms with Crippen molar-refractivity contribution in [3.05, 3.63) is 35.2 Å². The molecule has 0 bridgehead atoms. The Labute approximate surface area is 222 Å². The van der Waals surface area contributed by atoms with Crippen LogP contribution in [0.2, 0.25) is 0 Å². The fraction of sp³-hybridized carbons (Fsp3) is 0.556. The summed E-state index contributed by atoms with van der Waals surface area (Å²) in [5.41, 5.74) is 2.37. The highest BCUT2D eigenvalue weighted by Crippen LogP contribution is 2.32. The van der Waals surface area contributed by atoms with Crippen molar-refractivity contribution >= 4 is 29.2 Å². The number of nitrogens with zero attached hydrogens (tertiary/aromatic N) is 3. The van der Waals surface area contributed by atoms with Gasteiger partial charge in [0.2, 0.25) is 11.8 Å². The highest BCUT2D eigenvalue weighted by molar-refractivity contribution is 5.94. The number of benzene rings is 1. The summed E-state index contributed by atoms with van der Waals surface area (Å²) in [4.78, 5) is 41.8. The van der Waals surface area contributed by atoms with Crippen LogP contribution in [0, 0.1) is 25.7 Å². The lowest BCUT2D eigenvalue weighted by Crippen LogP contribution is -2.48. The second-order valence-corrected chi connectivity index (χ2v) is 10.5. The molecule has 1 fully saturated rings. The van der Waals surface area contributed by atoms with Gasteiger partial charge in [0.25, 0.3) is 0 Å². The van der Waals surface area contributed by atoms with Gasteiger partial charge in [-0.1, -0.05) is 12.1 Å². The molecule has 0 spiro atoms. The van der Waals surface area contributed by atoms with E-state index >= 15 is 0 Å². The van der Waals surface area contributed by atoms with E-state index in [0.29, 0.717) is 40.7 Å². The molecule has 11 nitrogen and oxygen atoms in total. The largest absolute Gasteiger partial charge is 0.488 e. The van der Waals surface area contributed by atoms with E-state index in [0.717, 1.165) is 12.8 Å². The molecule has 3 N–H and O–H groups in total. The monoisotopic (exact) mass is 527 g/mol. The van der Waals surface area contributed by atoms with Gasteiger partial charge < -0.3 is 34.8 Å². The lowest BCUT2D eigenvalue weighted by atomic mass is 10.0. The van der Waals surface area contributed by atoms with Gasteiger partial charge in [0.05, 0.1) is 25.6 Å². The van der Waals surface area contributed by atoms with Crippen LogP contribution in [0.25, 0.3) is 0 Å². The van der Waals surface area contributed by atoms with Crippen molar-refractivity contribution in [1.82, 2.24) is 15.0 Å². The fourth-order valence-corrected chi connectivity index (χ4v) is 4.53. The van der Waals surface area contributed by atoms with Crippen LogP contribution in [-0.4, -0.2) is 76.8 Å². The molecule has 1 aliphatic heterocycles. The molecular formula is C27H37N5O6. The Morgan fingerprint density at radius 3 is 2.63 bits per heavy atom. The number of aryl methyl sites for hydroxylation is 2. The van der Waals surface area contributed by atoms with E-state index in [1.54, 1.807) is 50.9 Å². The van der Waals surface area contributed by atoms with Crippen LogP contribution in [0.1, 0.15) is 43.7 Å². The SMILES string of the molecule is Cc1noc(C)c1NC(=O)N(C)C[C@H]1Oc2ccc(NC(=O)C3CC3)cc2CC(=O)N([C@H](C)CO)C[C@@H]1C. The topological polar surface area (TPSA) is 137 Å². The van der Waals surface area contributed by atoms with Gasteiger partial charge in [-0.3, -0.25) is 9.59 Å². The summed E-state index contributed by atoms with van der Waals surface area (Å²) >= 11 is 0. The second-order valence-electron chi connectivity index (χ2n) is 10.5. The molecular weight excluding hydrogens is 490 g/mol. The van der Waals surface area contributed by atoms with Crippen molar-refractivity contribution in [2.24, 2.45) is 11.8 Å². The third-order valence-corrected chi connectivity index (χ3v) is 7.20. The summed E-state index contributed by atoms with van der Waals surface area (Å²) in [6.07, 6.45) is 1.39. The van der Waals surface area contributed by atoms with Gasteiger partial charge >= 0.3 is 6.03 Å². The van der Waals surface area contributed by atoms with Crippen molar-refractivity contribution in [3.8, 4) is 5.75 Å². The standard InChI is InChI=1S/C27H37N5O6/c1-15-12-32(16(2)14-33)24(34)11-20-10-21(28-26(35)19-6-7-19)8-9-22(20)37-23(15)13-31(5)27(36)29-25-17(3)30-38-18(25)4/h8-10,15-16,19,23,33H,6-7,11-14H2,1-5H3,(H,28,35)(H,29,36)/t15-,16+,23+/m0/s1. The Morgan fingerprint density at radius 1 is 1.26 bits per heavy atom. The van der Waals surface area contributed by atoms with Crippen LogP contribution in [-0.2, 0) is 16.0 Å². The Balaban J connectivity index is 1.58. The lowest BCUT2D eigenvalue weighted by molar-refractivity contribution is -0.134. The predicted molar refractivity (Wildman–Crippen MR) is 141 cm³/mol. The first-order valence-corrected chi connectivity index (χ1v) is 13.0. The molecule has 0 unspecified atom stereocenters. The first-order valence-electron chi connectivity index (χ1n) is 13.0. The highest BCUT2D eigenvalue weighted by atomic mass is 16.5. The lowest BCUT2D eigenvalue weighted by Gasteiger charge is -2.34. The maximum absolute atomic E-state index is 13.3. The minimum Gasteiger partial charge on any atom is -0.488 e. The van der Waals surface area contributed by atoms with Crippen LogP contribution in [0.5, 0.6) is 5.75 Å². The summed E-state index contributed by atoms with van der Waals surface area (Å²) in [6, 6.07) is 4.58. The Kier molecular flexibility index (Phi) is 8.25. The number of hydrogen-bond donors (Lipinski definition) is 3. The Morgan fingerprint density at radius 2 is 2.00 bits per heavy atom. The summed E-state index contributed by atoms with van der Waals surface area (Å²) < 4.78 is 11.6. The third-order valence-electron chi connectivity index (χ3n) is 7.20. The predicted octanol–water partition coefficient (Wildman–Crippen LogP) is 2.95. The second kappa shape index (κ2) is 11.4. The van der Waals surface area contributed by atoms with E-state index in [9.17, 15) is 19.5 Å². The van der Waals surface area contributed by atoms with Crippen LogP contribution in [0.3, 0.4) is 0 Å². The number of amides is 4. The van der Waals surface area contributed by atoms with Crippen molar-refractivity contribution in [1.29, 1.82) is 0 Å². The van der Waals surface area contributed by atoms with Gasteiger partial charge in [0.15, 0.2) is 5.76 Å². The van der Waals surface area contributed by atoms with Gasteiger partial charge in [-0.2, -0.15) is 0 Å². The van der Waals surface area contributed by atoms with Crippen molar-refractivity contribution in [3.63, 3.8) is 0 Å². The van der Waals surface area contributed by atoms with Gasteiger partial charge in [0, 0.05) is 36.7 Å². The van der Waals surface area contributed by atoms with Gasteiger partial charge in [-0.05, 0) is 51.8 Å². The van der Waals surface area contributed by atoms with E-state index in [-0.39, 0.29) is 55.3 Å². The molecule has 3 atom stereocenters. The van der Waals surface area contributed by atoms with Crippen molar-refractivity contribution in [2.75, 3.05) is 37.4 Å². The van der Waals surface area contributed by atoms with Crippen LogP contribution >= 0.6 is 0 Å². The molecule has 11 heteroatoms. The first-order chi connectivity index (χ1) is 18.1. The molecule has 2 aromatic rings. The van der Waals surface area contributed by atoms with Gasteiger partial charge in [-0.15, -0.1) is 0 Å². The van der Waals surface area contributed by atoms with Gasteiger partial charge in [-0.25, -0.2) is 4.79 Å². The molecule has 0 radical (unpaired) electrons. The van der Waals surface area contributed by atoms with E-state index in [1.165, 1.54) is 4.90 Å². The van der Waals surface area contributed by atoms with E-state index in [4.69, 9.17) is 9.26 Å². The minimum atomic E-state index is -0.458. The number of fused-ring (bicyclic) bond motifs is 1. The average molecular weight is 528 g/mol. The molecule has 0 saturated heterocycles. The molecule has 2 heterocycles. The Bertz CT molecular complexity index is 1170. The van der Waals surface area contributed by atoms with E-state index in [1.807, 2.05) is 6.92 Å². The molecule has 4 rings (SSSR count). The number of carbonyl (C=O) groups is 3. The quantitative estimate of drug-likeness (QED) is 0.503. The molecule has 4 amide bonds. The number of carbonyl (C=O) groups excluding carboxylic acids is 3. The Hall–Kier alpha value is -3.60. The average Bonchev–Trinajstić information content (AvgIpc) is 3.69. The van der Waals surface area contributed by atoms with E-state index in [2.05, 4.69) is 15.8 Å². The van der Waals surface area contributed by atoms with Crippen LogP contribution in [0.15, 0.2) is 22.7 Å². The minimum absolute atomic E-state index is 0.0202. The van der Waals surface area contributed by atoms with Crippen molar-refractivity contribution in [2.45, 2.75) is 59.1 Å². The number of likely N-dealkylation sites (N-methyl/N-ethyl adjacent to an activating group) is 1. The maximum Gasteiger partial charge on any atom is 0.321 e. The zero-order valence-corrected chi connectivity index (χ0v) is 22.6. The molecule has 1 saturated carbocycles. The number of aliphatic hydroxyl groups excluding tert-OH is 1. The molecule has 2 aliphatic rings. The molecule has 1 aromatic carbocycles. The summed E-state index contributed by atoms with van der Waals surface area (Å²) in [5.74, 6) is 0.769. The number of urea groups is 1. The van der Waals surface area contributed by atoms with Crippen molar-refractivity contribution < 1.29 is 28.8 Å². The number of aromatic nitrogens is 1. The summed E-state index contributed by atoms with van der Waals surface area (Å²) in [6.45, 7) is 7.66. The summed E-state index contributed by atoms with van der Waals surface area (Å²) in [7, 11) is 1.67. The number of hydrogen-bond acceptors (Lipinski definition) is 7. The molecule has 206 valence electrons. The number of anilines is 2. The normalized spacial score (nSPS) is 20.4. The smallest absolute Gasteiger partial charge is 0.321 e. The highest BCUT2D eigenvalue weighted by Gasteiger charge is 2.33. The number of ether oxygens (including phenoxy) is 1. The zero-order chi connectivity index (χ0) is 27.6. The van der Waals surface area contributed by atoms with Gasteiger partial charge in [0.1, 0.15) is 23.2 Å².